The van der Waals surface area contributed by atoms with Gasteiger partial charge in [-0.25, -0.2) is 9.97 Å². The van der Waals surface area contributed by atoms with Gasteiger partial charge < -0.3 is 5.73 Å². The van der Waals surface area contributed by atoms with Gasteiger partial charge in [-0.05, 0) is 12.1 Å². The Morgan fingerprint density at radius 1 is 1.19 bits per heavy atom. The number of thiazole rings is 1. The Morgan fingerprint density at radius 3 is 2.88 bits per heavy atom. The van der Waals surface area contributed by atoms with Gasteiger partial charge in [0.2, 0.25) is 0 Å². The molecule has 0 aliphatic rings. The van der Waals surface area contributed by atoms with E-state index in [-0.39, 0.29) is 0 Å². The lowest BCUT2D eigenvalue weighted by Crippen LogP contribution is -1.94. The molecule has 3 nitrogen and oxygen atoms in total. The highest BCUT2D eigenvalue weighted by Gasteiger charge is 2.07. The Hall–Kier alpha value is -1.94. The zero-order valence-corrected chi connectivity index (χ0v) is 9.24. The first-order valence-electron chi connectivity index (χ1n) is 4.90. The van der Waals surface area contributed by atoms with Crippen LogP contribution in [0.15, 0.2) is 41.9 Å². The van der Waals surface area contributed by atoms with Crippen LogP contribution in [0.25, 0.3) is 21.5 Å². The molecule has 2 aromatic heterocycles. The fraction of sp³-hybridized carbons (Fsp3) is 0. The summed E-state index contributed by atoms with van der Waals surface area (Å²) in [5.74, 6) is 0.536. The molecule has 78 valence electrons. The molecule has 0 radical (unpaired) electrons. The predicted octanol–water partition coefficient (Wildman–Crippen LogP) is 2.94. The van der Waals surface area contributed by atoms with E-state index in [1.54, 1.807) is 17.5 Å². The molecule has 0 saturated carbocycles. The number of benzene rings is 1. The van der Waals surface area contributed by atoms with Crippen molar-refractivity contribution in [1.82, 2.24) is 9.97 Å². The van der Waals surface area contributed by atoms with Crippen LogP contribution in [-0.4, -0.2) is 9.97 Å². The van der Waals surface area contributed by atoms with Gasteiger partial charge in [0.1, 0.15) is 10.8 Å². The molecule has 0 bridgehead atoms. The Kier molecular flexibility index (Phi) is 2.08. The molecule has 1 aromatic carbocycles. The SMILES string of the molecule is Nc1nc2ccccc2cc1-c1nccs1. The van der Waals surface area contributed by atoms with Gasteiger partial charge in [0.15, 0.2) is 0 Å². The minimum Gasteiger partial charge on any atom is -0.383 e. The first kappa shape index (κ1) is 9.30. The van der Waals surface area contributed by atoms with E-state index >= 15 is 0 Å². The molecule has 3 rings (SSSR count). The number of aromatic nitrogens is 2. The highest BCUT2D eigenvalue weighted by atomic mass is 32.1. The summed E-state index contributed by atoms with van der Waals surface area (Å²) in [5.41, 5.74) is 7.76. The average Bonchev–Trinajstić information content (AvgIpc) is 2.81. The second-order valence-electron chi connectivity index (χ2n) is 3.45. The van der Waals surface area contributed by atoms with Gasteiger partial charge in [-0.3, -0.25) is 0 Å². The summed E-state index contributed by atoms with van der Waals surface area (Å²) in [5, 5.41) is 3.93. The maximum Gasteiger partial charge on any atom is 0.134 e. The van der Waals surface area contributed by atoms with Crippen molar-refractivity contribution in [2.75, 3.05) is 5.73 Å². The van der Waals surface area contributed by atoms with E-state index in [2.05, 4.69) is 9.97 Å². The fourth-order valence-electron chi connectivity index (χ4n) is 1.66. The molecule has 2 N–H and O–H groups in total. The van der Waals surface area contributed by atoms with Crippen molar-refractivity contribution in [2.24, 2.45) is 0 Å². The molecule has 2 heterocycles. The summed E-state index contributed by atoms with van der Waals surface area (Å²) in [4.78, 5) is 8.63. The first-order valence-corrected chi connectivity index (χ1v) is 5.78. The quantitative estimate of drug-likeness (QED) is 0.695. The van der Waals surface area contributed by atoms with Crippen LogP contribution in [0.2, 0.25) is 0 Å². The number of nitrogens with zero attached hydrogens (tertiary/aromatic N) is 2. The van der Waals surface area contributed by atoms with Gasteiger partial charge in [0, 0.05) is 17.0 Å². The second kappa shape index (κ2) is 3.57. The summed E-state index contributed by atoms with van der Waals surface area (Å²) >= 11 is 1.57. The smallest absolute Gasteiger partial charge is 0.134 e. The van der Waals surface area contributed by atoms with Crippen LogP contribution in [0.3, 0.4) is 0 Å². The van der Waals surface area contributed by atoms with Crippen molar-refractivity contribution in [3.05, 3.63) is 41.9 Å². The lowest BCUT2D eigenvalue weighted by molar-refractivity contribution is 1.37. The summed E-state index contributed by atoms with van der Waals surface area (Å²) < 4.78 is 0. The monoisotopic (exact) mass is 227 g/mol. The third-order valence-corrected chi connectivity index (χ3v) is 3.22. The first-order chi connectivity index (χ1) is 7.84. The lowest BCUT2D eigenvalue weighted by atomic mass is 10.1. The number of nitrogen functional groups attached to an aromatic ring is 1. The summed E-state index contributed by atoms with van der Waals surface area (Å²) in [6.07, 6.45) is 1.77. The van der Waals surface area contributed by atoms with Crippen LogP contribution in [0.4, 0.5) is 5.82 Å². The van der Waals surface area contributed by atoms with Crippen LogP contribution < -0.4 is 5.73 Å². The number of para-hydroxylation sites is 1. The van der Waals surface area contributed by atoms with Gasteiger partial charge in [0.05, 0.1) is 11.1 Å². The minimum absolute atomic E-state index is 0.536. The number of rotatable bonds is 1. The zero-order chi connectivity index (χ0) is 11.0. The lowest BCUT2D eigenvalue weighted by Gasteiger charge is -2.04. The summed E-state index contributed by atoms with van der Waals surface area (Å²) in [6, 6.07) is 9.97. The van der Waals surface area contributed by atoms with Crippen LogP contribution in [0.1, 0.15) is 0 Å². The predicted molar refractivity (Wildman–Crippen MR) is 67.3 cm³/mol. The molecule has 0 saturated heterocycles. The van der Waals surface area contributed by atoms with E-state index in [1.165, 1.54) is 0 Å². The molecule has 0 unspecified atom stereocenters. The Morgan fingerprint density at radius 2 is 2.06 bits per heavy atom. The van der Waals surface area contributed by atoms with Crippen LogP contribution >= 0.6 is 11.3 Å². The number of hydrogen-bond donors (Lipinski definition) is 1. The molecule has 0 fully saturated rings. The molecular formula is C12H9N3S. The largest absolute Gasteiger partial charge is 0.383 e. The summed E-state index contributed by atoms with van der Waals surface area (Å²) in [6.45, 7) is 0. The molecule has 0 spiro atoms. The third-order valence-electron chi connectivity index (χ3n) is 2.42. The minimum atomic E-state index is 0.536. The van der Waals surface area contributed by atoms with Crippen LogP contribution in [0, 0.1) is 0 Å². The van der Waals surface area contributed by atoms with E-state index in [0.717, 1.165) is 21.5 Å². The summed E-state index contributed by atoms with van der Waals surface area (Å²) in [7, 11) is 0. The molecule has 0 atom stereocenters. The number of anilines is 1. The molecule has 0 aliphatic carbocycles. The topological polar surface area (TPSA) is 51.8 Å². The van der Waals surface area contributed by atoms with Crippen molar-refractivity contribution in [2.45, 2.75) is 0 Å². The molecule has 0 amide bonds. The second-order valence-corrected chi connectivity index (χ2v) is 4.35. The van der Waals surface area contributed by atoms with Crippen molar-refractivity contribution >= 4 is 28.1 Å². The van der Waals surface area contributed by atoms with E-state index < -0.39 is 0 Å². The fourth-order valence-corrected chi connectivity index (χ4v) is 2.32. The molecule has 4 heteroatoms. The van der Waals surface area contributed by atoms with E-state index in [4.69, 9.17) is 5.73 Å². The van der Waals surface area contributed by atoms with E-state index in [9.17, 15) is 0 Å². The van der Waals surface area contributed by atoms with Crippen molar-refractivity contribution in [3.8, 4) is 10.6 Å². The number of nitrogens with two attached hydrogens (primary N) is 1. The van der Waals surface area contributed by atoms with Gasteiger partial charge in [0.25, 0.3) is 0 Å². The molecule has 0 aliphatic heterocycles. The van der Waals surface area contributed by atoms with Crippen LogP contribution in [0.5, 0.6) is 0 Å². The van der Waals surface area contributed by atoms with E-state index in [1.807, 2.05) is 35.7 Å². The van der Waals surface area contributed by atoms with Gasteiger partial charge in [-0.15, -0.1) is 11.3 Å². The maximum atomic E-state index is 5.93. The van der Waals surface area contributed by atoms with Crippen LogP contribution in [-0.2, 0) is 0 Å². The standard InChI is InChI=1S/C12H9N3S/c13-11-9(12-14-5-6-16-12)7-8-3-1-2-4-10(8)15-11/h1-7H,(H2,13,15). The third kappa shape index (κ3) is 1.44. The number of fused-ring (bicyclic) bond motifs is 1. The molecule has 16 heavy (non-hydrogen) atoms. The van der Waals surface area contributed by atoms with Crippen molar-refractivity contribution in [3.63, 3.8) is 0 Å². The van der Waals surface area contributed by atoms with E-state index in [0.29, 0.717) is 5.82 Å². The highest BCUT2D eigenvalue weighted by molar-refractivity contribution is 7.13. The normalized spacial score (nSPS) is 10.8. The number of pyridine rings is 1. The Balaban J connectivity index is 2.30. The van der Waals surface area contributed by atoms with Gasteiger partial charge >= 0.3 is 0 Å². The maximum absolute atomic E-state index is 5.93. The number of hydrogen-bond acceptors (Lipinski definition) is 4. The van der Waals surface area contributed by atoms with Crippen molar-refractivity contribution in [1.29, 1.82) is 0 Å². The highest BCUT2D eigenvalue weighted by Crippen LogP contribution is 2.29. The molecule has 3 aromatic rings. The van der Waals surface area contributed by atoms with Crippen molar-refractivity contribution < 1.29 is 0 Å². The average molecular weight is 227 g/mol. The Bertz CT molecular complexity index is 632. The van der Waals surface area contributed by atoms with Gasteiger partial charge in [-0.2, -0.15) is 0 Å². The zero-order valence-electron chi connectivity index (χ0n) is 8.42. The Labute approximate surface area is 96.6 Å². The molecular weight excluding hydrogens is 218 g/mol. The van der Waals surface area contributed by atoms with Gasteiger partial charge in [-0.1, -0.05) is 18.2 Å².